The fraction of sp³-hybridized carbons (Fsp3) is 0.576. The molecule has 1 saturated heterocycles. The molecule has 1 aliphatic rings. The number of carbonyl (C=O) groups excluding carboxylic acids is 1. The summed E-state index contributed by atoms with van der Waals surface area (Å²) in [6, 6.07) is 11.7. The van der Waals surface area contributed by atoms with Gasteiger partial charge in [-0.1, -0.05) is 43.4 Å². The molecule has 1 aromatic heterocycles. The SMILES string of the molecule is Cc1c2cc(Cl)cc(CCOCC3(c4ccc(F)cc4)CCN(C(=O)OC(C)(C)C)CC3)c2nn1COCC[Si](C)(C)C. The van der Waals surface area contributed by atoms with Crippen molar-refractivity contribution in [2.75, 3.05) is 32.9 Å². The number of amides is 1. The van der Waals surface area contributed by atoms with E-state index in [-0.39, 0.29) is 17.3 Å². The highest BCUT2D eigenvalue weighted by molar-refractivity contribution is 6.76. The van der Waals surface area contributed by atoms with Crippen LogP contribution in [0.15, 0.2) is 36.4 Å². The fourth-order valence-corrected chi connectivity index (χ4v) is 6.44. The van der Waals surface area contributed by atoms with Crippen LogP contribution in [0.25, 0.3) is 10.9 Å². The Balaban J connectivity index is 1.42. The number of likely N-dealkylation sites (tertiary alicyclic amines) is 1. The number of fused-ring (bicyclic) bond motifs is 1. The maximum Gasteiger partial charge on any atom is 0.410 e. The third kappa shape index (κ3) is 9.03. The zero-order valence-corrected chi connectivity index (χ0v) is 28.5. The molecular formula is C33H47ClFN3O4Si. The van der Waals surface area contributed by atoms with Crippen LogP contribution in [0.2, 0.25) is 30.7 Å². The van der Waals surface area contributed by atoms with Gasteiger partial charge in [-0.3, -0.25) is 0 Å². The summed E-state index contributed by atoms with van der Waals surface area (Å²) in [4.78, 5) is 14.4. The molecule has 3 aromatic rings. The number of hydrogen-bond donors (Lipinski definition) is 0. The largest absolute Gasteiger partial charge is 0.444 e. The minimum absolute atomic E-state index is 0.271. The highest BCUT2D eigenvalue weighted by Crippen LogP contribution is 2.37. The number of rotatable bonds is 11. The molecule has 1 aliphatic heterocycles. The average Bonchev–Trinajstić information content (AvgIpc) is 3.23. The molecular weight excluding hydrogens is 585 g/mol. The normalized spacial score (nSPS) is 15.7. The number of ether oxygens (including phenoxy) is 3. The van der Waals surface area contributed by atoms with Crippen molar-refractivity contribution in [2.45, 2.75) is 90.4 Å². The maximum absolute atomic E-state index is 13.8. The second kappa shape index (κ2) is 13.7. The monoisotopic (exact) mass is 631 g/mol. The third-order valence-electron chi connectivity index (χ3n) is 8.08. The van der Waals surface area contributed by atoms with Gasteiger partial charge in [-0.25, -0.2) is 13.9 Å². The van der Waals surface area contributed by atoms with Crippen LogP contribution in [0.4, 0.5) is 9.18 Å². The lowest BCUT2D eigenvalue weighted by molar-refractivity contribution is 0.00565. The molecule has 0 saturated carbocycles. The molecule has 0 spiro atoms. The molecule has 4 rings (SSSR count). The Morgan fingerprint density at radius 2 is 1.74 bits per heavy atom. The second-order valence-corrected chi connectivity index (χ2v) is 20.0. The molecule has 0 unspecified atom stereocenters. The number of benzene rings is 2. The topological polar surface area (TPSA) is 65.8 Å². The Kier molecular flexibility index (Phi) is 10.6. The van der Waals surface area contributed by atoms with Crippen molar-refractivity contribution in [1.29, 1.82) is 0 Å². The number of nitrogens with zero attached hydrogens (tertiary/aromatic N) is 3. The van der Waals surface area contributed by atoms with Crippen LogP contribution in [0.1, 0.15) is 50.4 Å². The van der Waals surface area contributed by atoms with Crippen molar-refractivity contribution in [3.63, 3.8) is 0 Å². The molecule has 1 fully saturated rings. The quantitative estimate of drug-likeness (QED) is 0.159. The number of aromatic nitrogens is 2. The molecule has 0 bridgehead atoms. The van der Waals surface area contributed by atoms with Gasteiger partial charge in [-0.2, -0.15) is 5.10 Å². The Morgan fingerprint density at radius 3 is 2.37 bits per heavy atom. The molecule has 2 aromatic carbocycles. The van der Waals surface area contributed by atoms with E-state index in [0.717, 1.165) is 40.4 Å². The number of piperidine rings is 1. The van der Waals surface area contributed by atoms with E-state index in [0.29, 0.717) is 57.3 Å². The average molecular weight is 632 g/mol. The van der Waals surface area contributed by atoms with E-state index in [9.17, 15) is 9.18 Å². The summed E-state index contributed by atoms with van der Waals surface area (Å²) in [7, 11) is -1.16. The van der Waals surface area contributed by atoms with Gasteiger partial charge in [0.2, 0.25) is 0 Å². The first-order valence-electron chi connectivity index (χ1n) is 15.2. The lowest BCUT2D eigenvalue weighted by Crippen LogP contribution is -2.48. The van der Waals surface area contributed by atoms with Crippen LogP contribution in [0.3, 0.4) is 0 Å². The summed E-state index contributed by atoms with van der Waals surface area (Å²) in [6.07, 6.45) is 1.73. The van der Waals surface area contributed by atoms with Crippen molar-refractivity contribution < 1.29 is 23.4 Å². The molecule has 0 atom stereocenters. The predicted octanol–water partition coefficient (Wildman–Crippen LogP) is 7.98. The Morgan fingerprint density at radius 1 is 1.07 bits per heavy atom. The van der Waals surface area contributed by atoms with Crippen molar-refractivity contribution in [2.24, 2.45) is 0 Å². The van der Waals surface area contributed by atoms with Crippen LogP contribution >= 0.6 is 11.6 Å². The van der Waals surface area contributed by atoms with Gasteiger partial charge in [0, 0.05) is 49.3 Å². The van der Waals surface area contributed by atoms with Gasteiger partial charge in [0.1, 0.15) is 18.1 Å². The molecule has 43 heavy (non-hydrogen) atoms. The summed E-state index contributed by atoms with van der Waals surface area (Å²) < 4.78 is 33.6. The minimum Gasteiger partial charge on any atom is -0.444 e. The summed E-state index contributed by atoms with van der Waals surface area (Å²) in [6.45, 7) is 17.9. The second-order valence-electron chi connectivity index (χ2n) is 14.0. The van der Waals surface area contributed by atoms with Crippen LogP contribution in [-0.4, -0.2) is 67.4 Å². The van der Waals surface area contributed by atoms with Crippen LogP contribution in [0.5, 0.6) is 0 Å². The lowest BCUT2D eigenvalue weighted by Gasteiger charge is -2.42. The van der Waals surface area contributed by atoms with E-state index in [1.54, 1.807) is 4.90 Å². The van der Waals surface area contributed by atoms with E-state index in [1.165, 1.54) is 12.1 Å². The minimum atomic E-state index is -1.16. The lowest BCUT2D eigenvalue weighted by atomic mass is 9.73. The molecule has 7 nitrogen and oxygen atoms in total. The zero-order valence-electron chi connectivity index (χ0n) is 26.8. The molecule has 0 N–H and O–H groups in total. The van der Waals surface area contributed by atoms with Gasteiger partial charge in [0.15, 0.2) is 0 Å². The summed E-state index contributed by atoms with van der Waals surface area (Å²) >= 11 is 6.53. The molecule has 2 heterocycles. The van der Waals surface area contributed by atoms with E-state index in [2.05, 4.69) is 19.6 Å². The van der Waals surface area contributed by atoms with E-state index in [1.807, 2.05) is 56.6 Å². The Bertz CT molecular complexity index is 1390. The molecule has 236 valence electrons. The van der Waals surface area contributed by atoms with Gasteiger partial charge in [-0.15, -0.1) is 0 Å². The van der Waals surface area contributed by atoms with Gasteiger partial charge < -0.3 is 19.1 Å². The van der Waals surface area contributed by atoms with Crippen molar-refractivity contribution in [3.05, 3.63) is 64.1 Å². The first-order valence-corrected chi connectivity index (χ1v) is 19.3. The van der Waals surface area contributed by atoms with Crippen molar-refractivity contribution >= 4 is 36.7 Å². The van der Waals surface area contributed by atoms with Gasteiger partial charge in [0.25, 0.3) is 0 Å². The highest BCUT2D eigenvalue weighted by Gasteiger charge is 2.39. The van der Waals surface area contributed by atoms with Gasteiger partial charge in [0.05, 0.1) is 18.7 Å². The van der Waals surface area contributed by atoms with E-state index < -0.39 is 13.7 Å². The fourth-order valence-electron chi connectivity index (χ4n) is 5.44. The molecule has 0 radical (unpaired) electrons. The molecule has 1 amide bonds. The smallest absolute Gasteiger partial charge is 0.410 e. The van der Waals surface area contributed by atoms with Crippen molar-refractivity contribution in [3.8, 4) is 0 Å². The van der Waals surface area contributed by atoms with Crippen LogP contribution < -0.4 is 0 Å². The zero-order chi connectivity index (χ0) is 31.4. The highest BCUT2D eigenvalue weighted by atomic mass is 35.5. The number of hydrogen-bond acceptors (Lipinski definition) is 5. The summed E-state index contributed by atoms with van der Waals surface area (Å²) in [5.41, 5.74) is 3.11. The van der Waals surface area contributed by atoms with E-state index in [4.69, 9.17) is 30.9 Å². The van der Waals surface area contributed by atoms with E-state index >= 15 is 0 Å². The van der Waals surface area contributed by atoms with Crippen molar-refractivity contribution in [1.82, 2.24) is 14.7 Å². The first kappa shape index (κ1) is 33.4. The molecule has 0 aliphatic carbocycles. The first-order chi connectivity index (χ1) is 20.2. The van der Waals surface area contributed by atoms with Gasteiger partial charge >= 0.3 is 6.09 Å². The Hall–Kier alpha value is -2.46. The van der Waals surface area contributed by atoms with Crippen LogP contribution in [0, 0.1) is 12.7 Å². The summed E-state index contributed by atoms with van der Waals surface area (Å²) in [5.74, 6) is -0.271. The number of halogens is 2. The van der Waals surface area contributed by atoms with Crippen LogP contribution in [-0.2, 0) is 32.8 Å². The maximum atomic E-state index is 13.8. The summed E-state index contributed by atoms with van der Waals surface area (Å²) in [5, 5.41) is 6.57. The number of carbonyl (C=O) groups is 1. The number of aryl methyl sites for hydroxylation is 1. The molecule has 10 heteroatoms. The Labute approximate surface area is 261 Å². The van der Waals surface area contributed by atoms with Gasteiger partial charge in [-0.05, 0) is 88.4 Å². The standard InChI is InChI=1S/C33H47ClFN3O4Si/c1-24-29-21-27(34)20-25(30(29)36-38(24)23-41-18-19-43(5,6)7)12-17-40-22-33(26-8-10-28(35)11-9-26)13-15-37(16-14-33)31(39)42-32(2,3)4/h8-11,20-21H,12-19,22-23H2,1-7H3. The predicted molar refractivity (Wildman–Crippen MR) is 173 cm³/mol. The third-order valence-corrected chi connectivity index (χ3v) is 10.0.